The Hall–Kier alpha value is -1.09. The van der Waals surface area contributed by atoms with Crippen LogP contribution in [-0.4, -0.2) is 4.98 Å². The molecule has 17 heavy (non-hydrogen) atoms. The van der Waals surface area contributed by atoms with Gasteiger partial charge in [-0.05, 0) is 35.7 Å². The monoisotopic (exact) mass is 266 g/mol. The van der Waals surface area contributed by atoms with Gasteiger partial charge in [-0.2, -0.15) is 0 Å². The molecule has 0 spiro atoms. The smallest absolute Gasteiger partial charge is 0.0595 e. The Bertz CT molecular complexity index is 541. The fourth-order valence-corrected chi connectivity index (χ4v) is 1.95. The summed E-state index contributed by atoms with van der Waals surface area (Å²) in [6, 6.07) is 7.19. The molecule has 0 saturated carbocycles. The van der Waals surface area contributed by atoms with Crippen LogP contribution in [0.4, 0.5) is 0 Å². The van der Waals surface area contributed by atoms with E-state index in [1.165, 1.54) is 0 Å². The molecular formula is C13H12Cl2N2. The average molecular weight is 267 g/mol. The number of pyridine rings is 1. The summed E-state index contributed by atoms with van der Waals surface area (Å²) in [5.41, 5.74) is 9.13. The van der Waals surface area contributed by atoms with Crippen molar-refractivity contribution in [1.82, 2.24) is 4.98 Å². The molecule has 0 saturated heterocycles. The molecule has 2 aromatic rings. The third-order valence-electron chi connectivity index (χ3n) is 2.56. The van der Waals surface area contributed by atoms with Gasteiger partial charge in [0.05, 0.1) is 16.1 Å². The molecule has 1 heterocycles. The lowest BCUT2D eigenvalue weighted by Crippen LogP contribution is -2.12. The van der Waals surface area contributed by atoms with E-state index in [0.717, 1.165) is 16.7 Å². The third kappa shape index (κ3) is 2.78. The largest absolute Gasteiger partial charge is 0.320 e. The van der Waals surface area contributed by atoms with Crippen molar-refractivity contribution < 1.29 is 0 Å². The Labute approximate surface area is 110 Å². The van der Waals surface area contributed by atoms with Crippen LogP contribution in [-0.2, 0) is 0 Å². The molecule has 4 heteroatoms. The van der Waals surface area contributed by atoms with Crippen LogP contribution < -0.4 is 5.73 Å². The summed E-state index contributed by atoms with van der Waals surface area (Å²) >= 11 is 11.8. The number of nitrogens with zero attached hydrogens (tertiary/aromatic N) is 1. The maximum absolute atomic E-state index is 6.16. The number of halogens is 2. The van der Waals surface area contributed by atoms with E-state index < -0.39 is 0 Å². The summed E-state index contributed by atoms with van der Waals surface area (Å²) < 4.78 is 0. The number of benzene rings is 1. The number of aryl methyl sites for hydroxylation is 1. The number of nitrogens with two attached hydrogens (primary N) is 1. The van der Waals surface area contributed by atoms with Gasteiger partial charge in [-0.25, -0.2) is 0 Å². The summed E-state index contributed by atoms with van der Waals surface area (Å²) in [7, 11) is 0. The van der Waals surface area contributed by atoms with Crippen LogP contribution in [0.1, 0.15) is 22.7 Å². The Balaban J connectivity index is 2.36. The first-order chi connectivity index (χ1) is 8.08. The topological polar surface area (TPSA) is 38.9 Å². The molecule has 1 unspecified atom stereocenters. The van der Waals surface area contributed by atoms with E-state index in [2.05, 4.69) is 4.98 Å². The average Bonchev–Trinajstić information content (AvgIpc) is 2.32. The maximum atomic E-state index is 6.16. The van der Waals surface area contributed by atoms with E-state index in [1.807, 2.05) is 19.1 Å². The summed E-state index contributed by atoms with van der Waals surface area (Å²) in [5, 5.41) is 1.05. The lowest BCUT2D eigenvalue weighted by atomic mass is 10.0. The first-order valence-corrected chi connectivity index (χ1v) is 5.95. The van der Waals surface area contributed by atoms with Crippen molar-refractivity contribution in [2.45, 2.75) is 13.0 Å². The van der Waals surface area contributed by atoms with Crippen molar-refractivity contribution in [2.24, 2.45) is 5.73 Å². The molecule has 0 bridgehead atoms. The van der Waals surface area contributed by atoms with E-state index in [1.54, 1.807) is 24.5 Å². The van der Waals surface area contributed by atoms with Gasteiger partial charge in [-0.15, -0.1) is 0 Å². The second kappa shape index (κ2) is 5.05. The second-order valence-corrected chi connectivity index (χ2v) is 4.76. The minimum atomic E-state index is -0.239. The van der Waals surface area contributed by atoms with E-state index in [9.17, 15) is 0 Å². The first-order valence-electron chi connectivity index (χ1n) is 5.20. The van der Waals surface area contributed by atoms with Gasteiger partial charge in [0.2, 0.25) is 0 Å². The van der Waals surface area contributed by atoms with Crippen molar-refractivity contribution in [2.75, 3.05) is 0 Å². The van der Waals surface area contributed by atoms with Gasteiger partial charge in [0.25, 0.3) is 0 Å². The van der Waals surface area contributed by atoms with Crippen molar-refractivity contribution in [3.63, 3.8) is 0 Å². The van der Waals surface area contributed by atoms with Crippen LogP contribution in [0, 0.1) is 6.92 Å². The van der Waals surface area contributed by atoms with Gasteiger partial charge in [0, 0.05) is 12.4 Å². The zero-order valence-electron chi connectivity index (χ0n) is 9.32. The molecule has 0 amide bonds. The van der Waals surface area contributed by atoms with Gasteiger partial charge >= 0.3 is 0 Å². The fraction of sp³-hybridized carbons (Fsp3) is 0.154. The predicted octanol–water partition coefficient (Wildman–Crippen LogP) is 3.74. The van der Waals surface area contributed by atoms with Crippen LogP contribution in [0.25, 0.3) is 0 Å². The SMILES string of the molecule is Cc1cncc(C(N)c2ccc(Cl)c(Cl)c2)c1. The molecular weight excluding hydrogens is 255 g/mol. The molecule has 88 valence electrons. The second-order valence-electron chi connectivity index (χ2n) is 3.95. The van der Waals surface area contributed by atoms with Crippen molar-refractivity contribution in [3.8, 4) is 0 Å². The Morgan fingerprint density at radius 1 is 1.06 bits per heavy atom. The van der Waals surface area contributed by atoms with Crippen LogP contribution in [0.3, 0.4) is 0 Å². The minimum absolute atomic E-state index is 0.239. The van der Waals surface area contributed by atoms with Gasteiger partial charge < -0.3 is 5.73 Å². The Morgan fingerprint density at radius 2 is 1.82 bits per heavy atom. The number of aromatic nitrogens is 1. The van der Waals surface area contributed by atoms with Gasteiger partial charge in [0.15, 0.2) is 0 Å². The fourth-order valence-electron chi connectivity index (χ4n) is 1.65. The van der Waals surface area contributed by atoms with E-state index in [-0.39, 0.29) is 6.04 Å². The third-order valence-corrected chi connectivity index (χ3v) is 3.30. The molecule has 1 atom stereocenters. The number of hydrogen-bond donors (Lipinski definition) is 1. The lowest BCUT2D eigenvalue weighted by molar-refractivity contribution is 0.860. The standard InChI is InChI=1S/C13H12Cl2N2/c1-8-4-10(7-17-6-8)13(16)9-2-3-11(14)12(15)5-9/h2-7,13H,16H2,1H3. The first kappa shape index (κ1) is 12.4. The summed E-state index contributed by atoms with van der Waals surface area (Å²) in [4.78, 5) is 4.13. The van der Waals surface area contributed by atoms with Crippen LogP contribution >= 0.6 is 23.2 Å². The molecule has 0 fully saturated rings. The quantitative estimate of drug-likeness (QED) is 0.900. The number of hydrogen-bond acceptors (Lipinski definition) is 2. The van der Waals surface area contributed by atoms with Crippen molar-refractivity contribution in [1.29, 1.82) is 0 Å². The zero-order chi connectivity index (χ0) is 12.4. The van der Waals surface area contributed by atoms with E-state index >= 15 is 0 Å². The van der Waals surface area contributed by atoms with Gasteiger partial charge in [-0.1, -0.05) is 35.3 Å². The van der Waals surface area contributed by atoms with Crippen LogP contribution in [0.15, 0.2) is 36.7 Å². The molecule has 0 aliphatic rings. The summed E-state index contributed by atoms with van der Waals surface area (Å²) in [5.74, 6) is 0. The Morgan fingerprint density at radius 3 is 2.47 bits per heavy atom. The molecule has 0 radical (unpaired) electrons. The molecule has 1 aromatic carbocycles. The summed E-state index contributed by atoms with van der Waals surface area (Å²) in [6.45, 7) is 1.98. The van der Waals surface area contributed by atoms with E-state index in [4.69, 9.17) is 28.9 Å². The minimum Gasteiger partial charge on any atom is -0.320 e. The molecule has 2 N–H and O–H groups in total. The van der Waals surface area contributed by atoms with Gasteiger partial charge in [-0.3, -0.25) is 4.98 Å². The van der Waals surface area contributed by atoms with Crippen LogP contribution in [0.5, 0.6) is 0 Å². The summed E-state index contributed by atoms with van der Waals surface area (Å²) in [6.07, 6.45) is 3.56. The highest BCUT2D eigenvalue weighted by Gasteiger charge is 2.11. The highest BCUT2D eigenvalue weighted by atomic mass is 35.5. The molecule has 1 aromatic heterocycles. The number of rotatable bonds is 2. The van der Waals surface area contributed by atoms with Crippen molar-refractivity contribution in [3.05, 3.63) is 63.4 Å². The predicted molar refractivity (Wildman–Crippen MR) is 71.5 cm³/mol. The normalized spacial score (nSPS) is 12.5. The molecule has 0 aliphatic heterocycles. The van der Waals surface area contributed by atoms with Gasteiger partial charge in [0.1, 0.15) is 0 Å². The molecule has 2 rings (SSSR count). The molecule has 2 nitrogen and oxygen atoms in total. The highest BCUT2D eigenvalue weighted by Crippen LogP contribution is 2.27. The highest BCUT2D eigenvalue weighted by molar-refractivity contribution is 6.42. The lowest BCUT2D eigenvalue weighted by Gasteiger charge is -2.13. The van der Waals surface area contributed by atoms with Crippen LogP contribution in [0.2, 0.25) is 10.0 Å². The van der Waals surface area contributed by atoms with Crippen molar-refractivity contribution >= 4 is 23.2 Å². The zero-order valence-corrected chi connectivity index (χ0v) is 10.8. The van der Waals surface area contributed by atoms with E-state index in [0.29, 0.717) is 10.0 Å². The Kier molecular flexibility index (Phi) is 3.67. The maximum Gasteiger partial charge on any atom is 0.0595 e. The molecule has 0 aliphatic carbocycles.